The normalized spacial score (nSPS) is 11.3. The highest BCUT2D eigenvalue weighted by Crippen LogP contribution is 2.12. The molecule has 0 aliphatic carbocycles. The monoisotopic (exact) mass is 581 g/mol. The molecule has 0 aliphatic rings. The van der Waals surface area contributed by atoms with E-state index in [0.29, 0.717) is 31.4 Å². The summed E-state index contributed by atoms with van der Waals surface area (Å²) < 4.78 is 10.6. The molecule has 0 saturated heterocycles. The summed E-state index contributed by atoms with van der Waals surface area (Å²) in [6.07, 6.45) is 1.71. The van der Waals surface area contributed by atoms with Crippen LogP contribution in [0.4, 0.5) is 4.79 Å². The molecule has 234 valence electrons. The summed E-state index contributed by atoms with van der Waals surface area (Å²) in [5.74, 6) is -2.05. The number of rotatable bonds is 11. The van der Waals surface area contributed by atoms with Crippen molar-refractivity contribution in [1.29, 1.82) is 0 Å². The lowest BCUT2D eigenvalue weighted by atomic mass is 10.1. The van der Waals surface area contributed by atoms with Gasteiger partial charge >= 0.3 is 23.9 Å². The molecule has 11 nitrogen and oxygen atoms in total. The number of hydrogen-bond acceptors (Lipinski definition) is 7. The van der Waals surface area contributed by atoms with E-state index < -0.39 is 41.2 Å². The number of ether oxygens (including phenoxy) is 2. The summed E-state index contributed by atoms with van der Waals surface area (Å²) in [4.78, 5) is 58.2. The summed E-state index contributed by atoms with van der Waals surface area (Å²) in [5, 5.41) is 15.5. The SMILES string of the molecule is CC.CCC(=O)O.Cc1cccc(C(=O)NCCCCC(NC(=O)NCC(=O)OC(C)(C)C)C(=O)OC(C)(C)C)c1. The molecule has 0 radical (unpaired) electrons. The third-order valence-corrected chi connectivity index (χ3v) is 4.60. The fourth-order valence-corrected chi connectivity index (χ4v) is 2.92. The molecule has 4 N–H and O–H groups in total. The molecule has 0 aromatic heterocycles. The maximum absolute atomic E-state index is 12.6. The minimum Gasteiger partial charge on any atom is -0.481 e. The molecular weight excluding hydrogens is 530 g/mol. The molecule has 0 fully saturated rings. The van der Waals surface area contributed by atoms with Crippen molar-refractivity contribution in [3.8, 4) is 0 Å². The number of amides is 3. The van der Waals surface area contributed by atoms with Crippen LogP contribution < -0.4 is 16.0 Å². The predicted molar refractivity (Wildman–Crippen MR) is 159 cm³/mol. The van der Waals surface area contributed by atoms with E-state index in [1.807, 2.05) is 39.0 Å². The molecule has 41 heavy (non-hydrogen) atoms. The van der Waals surface area contributed by atoms with Gasteiger partial charge in [-0.2, -0.15) is 0 Å². The van der Waals surface area contributed by atoms with Gasteiger partial charge in [0.15, 0.2) is 0 Å². The zero-order valence-corrected chi connectivity index (χ0v) is 26.4. The van der Waals surface area contributed by atoms with Crippen molar-refractivity contribution in [3.63, 3.8) is 0 Å². The van der Waals surface area contributed by atoms with Gasteiger partial charge in [-0.15, -0.1) is 0 Å². The van der Waals surface area contributed by atoms with E-state index in [0.717, 1.165) is 5.56 Å². The van der Waals surface area contributed by atoms with Crippen LogP contribution in [0.3, 0.4) is 0 Å². The van der Waals surface area contributed by atoms with Gasteiger partial charge in [-0.05, 0) is 79.9 Å². The third-order valence-electron chi connectivity index (χ3n) is 4.60. The minimum atomic E-state index is -0.898. The number of aliphatic carboxylic acids is 1. The summed E-state index contributed by atoms with van der Waals surface area (Å²) in [6, 6.07) is 5.74. The zero-order chi connectivity index (χ0) is 32.2. The van der Waals surface area contributed by atoms with Gasteiger partial charge in [-0.25, -0.2) is 9.59 Å². The Bertz CT molecular complexity index is 965. The van der Waals surface area contributed by atoms with Crippen LogP contribution in [0.2, 0.25) is 0 Å². The lowest BCUT2D eigenvalue weighted by Crippen LogP contribution is -2.49. The Kier molecular flexibility index (Phi) is 19.5. The number of benzene rings is 1. The van der Waals surface area contributed by atoms with E-state index in [1.54, 1.807) is 54.5 Å². The molecule has 3 amide bonds. The molecule has 1 aromatic carbocycles. The number of carbonyl (C=O) groups excluding carboxylic acids is 4. The maximum atomic E-state index is 12.6. The summed E-state index contributed by atoms with van der Waals surface area (Å²) >= 11 is 0. The summed E-state index contributed by atoms with van der Waals surface area (Å²) in [6.45, 7) is 18.0. The largest absolute Gasteiger partial charge is 0.481 e. The molecule has 0 saturated carbocycles. The second-order valence-corrected chi connectivity index (χ2v) is 10.9. The Morgan fingerprint density at radius 3 is 1.95 bits per heavy atom. The number of aryl methyl sites for hydroxylation is 1. The molecule has 0 bridgehead atoms. The van der Waals surface area contributed by atoms with Crippen LogP contribution in [-0.2, 0) is 23.9 Å². The number of urea groups is 1. The Morgan fingerprint density at radius 2 is 1.46 bits per heavy atom. The first-order valence-corrected chi connectivity index (χ1v) is 14.0. The number of carboxylic acid groups (broad SMARTS) is 1. The van der Waals surface area contributed by atoms with Crippen LogP contribution in [-0.4, -0.2) is 65.3 Å². The third kappa shape index (κ3) is 22.8. The molecule has 1 rings (SSSR count). The highest BCUT2D eigenvalue weighted by molar-refractivity contribution is 5.94. The second-order valence-electron chi connectivity index (χ2n) is 10.9. The number of unbranched alkanes of at least 4 members (excludes halogenated alkanes) is 1. The van der Waals surface area contributed by atoms with Gasteiger partial charge in [-0.3, -0.25) is 14.4 Å². The molecule has 1 atom stereocenters. The first-order chi connectivity index (χ1) is 18.9. The Balaban J connectivity index is 0. The fourth-order valence-electron chi connectivity index (χ4n) is 2.92. The van der Waals surface area contributed by atoms with Gasteiger partial charge in [0.05, 0.1) is 0 Å². The van der Waals surface area contributed by atoms with Crippen molar-refractivity contribution in [2.45, 2.75) is 112 Å². The first-order valence-electron chi connectivity index (χ1n) is 14.0. The van der Waals surface area contributed by atoms with Gasteiger partial charge in [0.2, 0.25) is 0 Å². The summed E-state index contributed by atoms with van der Waals surface area (Å²) in [5.41, 5.74) is 0.216. The van der Waals surface area contributed by atoms with Crippen LogP contribution in [0.1, 0.15) is 104 Å². The summed E-state index contributed by atoms with van der Waals surface area (Å²) in [7, 11) is 0. The van der Waals surface area contributed by atoms with Gasteiger partial charge < -0.3 is 30.5 Å². The molecule has 1 unspecified atom stereocenters. The van der Waals surface area contributed by atoms with Crippen LogP contribution in [0, 0.1) is 6.92 Å². The molecule has 1 aromatic rings. The minimum absolute atomic E-state index is 0.160. The first kappa shape index (κ1) is 39.5. The molecule has 0 spiro atoms. The van der Waals surface area contributed by atoms with Gasteiger partial charge in [0.1, 0.15) is 23.8 Å². The smallest absolute Gasteiger partial charge is 0.329 e. The highest BCUT2D eigenvalue weighted by atomic mass is 16.6. The van der Waals surface area contributed by atoms with Crippen molar-refractivity contribution in [3.05, 3.63) is 35.4 Å². The quantitative estimate of drug-likeness (QED) is 0.215. The predicted octanol–water partition coefficient (Wildman–Crippen LogP) is 4.75. The van der Waals surface area contributed by atoms with Crippen LogP contribution in [0.5, 0.6) is 0 Å². The highest BCUT2D eigenvalue weighted by Gasteiger charge is 2.27. The van der Waals surface area contributed by atoms with E-state index in [1.165, 1.54) is 0 Å². The fraction of sp³-hybridized carbons (Fsp3) is 0.633. The van der Waals surface area contributed by atoms with Crippen LogP contribution in [0.15, 0.2) is 24.3 Å². The van der Waals surface area contributed by atoms with Gasteiger partial charge in [0, 0.05) is 18.5 Å². The standard InChI is InChI=1S/C25H39N3O6.C3H6O2.C2H6/c1-17-11-10-12-18(15-17)21(30)26-14-9-8-13-19(22(31)34-25(5,6)7)28-23(32)27-16-20(29)33-24(2,3)4;1-2-3(4)5;1-2/h10-12,15,19H,8-9,13-14,16H2,1-7H3,(H,26,30)(H2,27,28,32);2H2,1H3,(H,4,5);1-2H3. The van der Waals surface area contributed by atoms with Crippen LogP contribution >= 0.6 is 0 Å². The van der Waals surface area contributed by atoms with Gasteiger partial charge in [-0.1, -0.05) is 38.5 Å². The van der Waals surface area contributed by atoms with Crippen molar-refractivity contribution >= 4 is 29.8 Å². The molecular formula is C30H51N3O8. The number of carboxylic acids is 1. The Labute approximate surface area is 245 Å². The van der Waals surface area contributed by atoms with Gasteiger partial charge in [0.25, 0.3) is 5.91 Å². The number of hydrogen-bond donors (Lipinski definition) is 4. The molecule has 0 heterocycles. The average molecular weight is 582 g/mol. The van der Waals surface area contributed by atoms with Crippen LogP contribution in [0.25, 0.3) is 0 Å². The topological polar surface area (TPSA) is 160 Å². The van der Waals surface area contributed by atoms with E-state index in [9.17, 15) is 24.0 Å². The average Bonchev–Trinajstić information content (AvgIpc) is 2.86. The maximum Gasteiger partial charge on any atom is 0.329 e. The number of esters is 2. The van der Waals surface area contributed by atoms with Crippen molar-refractivity contribution in [2.75, 3.05) is 13.1 Å². The number of nitrogens with one attached hydrogen (secondary N) is 3. The second kappa shape index (κ2) is 20.3. The van der Waals surface area contributed by atoms with E-state index in [-0.39, 0.29) is 18.9 Å². The Morgan fingerprint density at radius 1 is 0.902 bits per heavy atom. The lowest BCUT2D eigenvalue weighted by molar-refractivity contribution is -0.157. The lowest BCUT2D eigenvalue weighted by Gasteiger charge is -2.25. The van der Waals surface area contributed by atoms with E-state index >= 15 is 0 Å². The molecule has 0 aliphatic heterocycles. The zero-order valence-electron chi connectivity index (χ0n) is 26.4. The number of carbonyl (C=O) groups is 5. The van der Waals surface area contributed by atoms with Crippen molar-refractivity contribution < 1.29 is 38.6 Å². The van der Waals surface area contributed by atoms with E-state index in [4.69, 9.17) is 14.6 Å². The van der Waals surface area contributed by atoms with Crippen molar-refractivity contribution in [1.82, 2.24) is 16.0 Å². The Hall–Kier alpha value is -3.63. The van der Waals surface area contributed by atoms with E-state index in [2.05, 4.69) is 16.0 Å². The van der Waals surface area contributed by atoms with Crippen molar-refractivity contribution in [2.24, 2.45) is 0 Å². The molecule has 11 heteroatoms.